The third-order valence-electron chi connectivity index (χ3n) is 5.58. The minimum absolute atomic E-state index is 0.152. The number of Topliss-reactive ketones (excluding diaryl/α,β-unsaturated/α-hetero) is 1. The van der Waals surface area contributed by atoms with Crippen molar-refractivity contribution in [2.24, 2.45) is 7.05 Å². The summed E-state index contributed by atoms with van der Waals surface area (Å²) in [6.45, 7) is -0.331. The van der Waals surface area contributed by atoms with Crippen molar-refractivity contribution in [2.75, 3.05) is 20.3 Å². The van der Waals surface area contributed by atoms with Gasteiger partial charge in [0.05, 0.1) is 25.2 Å². The van der Waals surface area contributed by atoms with Crippen molar-refractivity contribution in [3.8, 4) is 0 Å². The molecule has 0 saturated carbocycles. The van der Waals surface area contributed by atoms with Crippen LogP contribution in [0.5, 0.6) is 0 Å². The number of benzene rings is 1. The number of imidazole rings is 1. The Morgan fingerprint density at radius 3 is 2.49 bits per heavy atom. The number of carbonyl (C=O) groups is 2. The van der Waals surface area contributed by atoms with Gasteiger partial charge in [0, 0.05) is 26.9 Å². The van der Waals surface area contributed by atoms with Crippen LogP contribution in [0.25, 0.3) is 11.2 Å². The molecule has 3 heterocycles. The molecular weight excluding hydrogens is 454 g/mol. The summed E-state index contributed by atoms with van der Waals surface area (Å²) in [5.74, 6) is -1.27. The minimum Gasteiger partial charge on any atom is -0.456 e. The molecule has 35 heavy (non-hydrogen) atoms. The van der Waals surface area contributed by atoms with Gasteiger partial charge in [0.15, 0.2) is 17.8 Å². The van der Waals surface area contributed by atoms with Crippen LogP contribution in [0.4, 0.5) is 0 Å². The minimum atomic E-state index is -0.875. The molecule has 0 spiro atoms. The fourth-order valence-electron chi connectivity index (χ4n) is 3.79. The molecule has 0 bridgehead atoms. The van der Waals surface area contributed by atoms with E-state index in [4.69, 9.17) is 9.47 Å². The van der Waals surface area contributed by atoms with Crippen LogP contribution in [-0.4, -0.2) is 55.3 Å². The highest BCUT2D eigenvalue weighted by molar-refractivity contribution is 5.96. The lowest BCUT2D eigenvalue weighted by atomic mass is 10.2. The Hall–Kier alpha value is -4.25. The van der Waals surface area contributed by atoms with Gasteiger partial charge in [0.25, 0.3) is 5.56 Å². The zero-order chi connectivity index (χ0) is 24.9. The van der Waals surface area contributed by atoms with Crippen LogP contribution in [0.2, 0.25) is 0 Å². The first-order chi connectivity index (χ1) is 16.9. The Labute approximate surface area is 199 Å². The zero-order valence-corrected chi connectivity index (χ0v) is 19.4. The van der Waals surface area contributed by atoms with Crippen molar-refractivity contribution < 1.29 is 19.1 Å². The molecule has 11 heteroatoms. The summed E-state index contributed by atoms with van der Waals surface area (Å²) in [6, 6.07) is 12.5. The van der Waals surface area contributed by atoms with E-state index in [2.05, 4.69) is 4.98 Å². The van der Waals surface area contributed by atoms with E-state index in [0.717, 1.165) is 10.1 Å². The predicted molar refractivity (Wildman–Crippen MR) is 126 cm³/mol. The van der Waals surface area contributed by atoms with Crippen molar-refractivity contribution in [2.45, 2.75) is 19.6 Å². The second kappa shape index (κ2) is 10.3. The summed E-state index contributed by atoms with van der Waals surface area (Å²) in [7, 11) is 3.24. The first-order valence-corrected chi connectivity index (χ1v) is 10.9. The van der Waals surface area contributed by atoms with Crippen molar-refractivity contribution in [3.05, 3.63) is 87.1 Å². The van der Waals surface area contributed by atoms with Crippen LogP contribution in [0.1, 0.15) is 16.1 Å². The number of nitrogens with zero attached hydrogens (tertiary/aromatic N) is 5. The number of hydrogen-bond acceptors (Lipinski definition) is 7. The average molecular weight is 479 g/mol. The van der Waals surface area contributed by atoms with E-state index in [0.29, 0.717) is 18.8 Å². The summed E-state index contributed by atoms with van der Waals surface area (Å²) < 4.78 is 15.6. The van der Waals surface area contributed by atoms with Gasteiger partial charge in [-0.2, -0.15) is 0 Å². The van der Waals surface area contributed by atoms with Gasteiger partial charge in [-0.3, -0.25) is 19.0 Å². The van der Waals surface area contributed by atoms with Crippen molar-refractivity contribution in [1.82, 2.24) is 23.3 Å². The topological polar surface area (TPSA) is 119 Å². The number of fused-ring (bicyclic) bond motifs is 1. The number of esters is 1. The number of carbonyl (C=O) groups excluding carboxylic acids is 2. The Morgan fingerprint density at radius 1 is 1.03 bits per heavy atom. The van der Waals surface area contributed by atoms with E-state index < -0.39 is 36.2 Å². The van der Waals surface area contributed by atoms with Gasteiger partial charge >= 0.3 is 11.7 Å². The Morgan fingerprint density at radius 2 is 1.80 bits per heavy atom. The molecule has 0 amide bonds. The second-order valence-corrected chi connectivity index (χ2v) is 7.94. The van der Waals surface area contributed by atoms with Gasteiger partial charge in [-0.25, -0.2) is 14.3 Å². The van der Waals surface area contributed by atoms with Crippen molar-refractivity contribution >= 4 is 22.9 Å². The molecule has 0 aliphatic rings. The fourth-order valence-corrected chi connectivity index (χ4v) is 3.79. The molecule has 0 N–H and O–H groups in total. The van der Waals surface area contributed by atoms with Crippen LogP contribution in [0.3, 0.4) is 0 Å². The molecule has 182 valence electrons. The van der Waals surface area contributed by atoms with Crippen molar-refractivity contribution in [1.29, 1.82) is 0 Å². The van der Waals surface area contributed by atoms with Gasteiger partial charge in [-0.05, 0) is 17.7 Å². The lowest BCUT2D eigenvalue weighted by molar-refractivity contribution is -0.143. The number of hydrogen-bond donors (Lipinski definition) is 0. The summed E-state index contributed by atoms with van der Waals surface area (Å²) in [5.41, 5.74) is 0.211. The van der Waals surface area contributed by atoms with Crippen molar-refractivity contribution in [3.63, 3.8) is 0 Å². The largest absolute Gasteiger partial charge is 0.456 e. The Kier molecular flexibility index (Phi) is 7.06. The van der Waals surface area contributed by atoms with E-state index >= 15 is 0 Å². The van der Waals surface area contributed by atoms with Gasteiger partial charge < -0.3 is 18.6 Å². The highest BCUT2D eigenvalue weighted by Gasteiger charge is 2.21. The highest BCUT2D eigenvalue weighted by atomic mass is 16.5. The standard InChI is InChI=1S/C24H25N5O6/c1-26-10-6-9-18(26)19(30)15-35-20(31)14-29-23(32)21-22(25-16-27(21)11-12-34-2)28(24(29)33)13-17-7-4-3-5-8-17/h3-10,16H,11-15H2,1-2H3. The SMILES string of the molecule is COCCn1cnc2c1c(=O)n(CC(=O)OCC(=O)c1cccn1C)c(=O)n2Cc1ccccc1. The third kappa shape index (κ3) is 4.99. The molecule has 0 fully saturated rings. The van der Waals surface area contributed by atoms with E-state index in [-0.39, 0.29) is 17.7 Å². The maximum atomic E-state index is 13.3. The summed E-state index contributed by atoms with van der Waals surface area (Å²) in [4.78, 5) is 55.7. The first-order valence-electron chi connectivity index (χ1n) is 10.9. The van der Waals surface area contributed by atoms with E-state index in [1.54, 1.807) is 34.5 Å². The number of methoxy groups -OCH3 is 1. The monoisotopic (exact) mass is 479 g/mol. The lowest BCUT2D eigenvalue weighted by Crippen LogP contribution is -2.43. The Bertz CT molecular complexity index is 1480. The lowest BCUT2D eigenvalue weighted by Gasteiger charge is -2.13. The van der Waals surface area contributed by atoms with E-state index in [1.807, 2.05) is 30.3 Å². The predicted octanol–water partition coefficient (Wildman–Crippen LogP) is 0.819. The summed E-state index contributed by atoms with van der Waals surface area (Å²) in [5, 5.41) is 0. The zero-order valence-electron chi connectivity index (χ0n) is 19.4. The molecular formula is C24H25N5O6. The molecule has 4 aromatic rings. The fraction of sp³-hybridized carbons (Fsp3) is 0.292. The van der Waals surface area contributed by atoms with E-state index in [1.165, 1.54) is 18.0 Å². The summed E-state index contributed by atoms with van der Waals surface area (Å²) in [6.07, 6.45) is 3.17. The second-order valence-electron chi connectivity index (χ2n) is 7.94. The van der Waals surface area contributed by atoms with Crippen LogP contribution >= 0.6 is 0 Å². The number of aromatic nitrogens is 5. The molecule has 0 unspecified atom stereocenters. The molecule has 0 aliphatic carbocycles. The van der Waals surface area contributed by atoms with Crippen LogP contribution < -0.4 is 11.2 Å². The van der Waals surface area contributed by atoms with E-state index in [9.17, 15) is 19.2 Å². The molecule has 0 radical (unpaired) electrons. The summed E-state index contributed by atoms with van der Waals surface area (Å²) >= 11 is 0. The molecule has 0 aliphatic heterocycles. The molecule has 0 atom stereocenters. The number of ether oxygens (including phenoxy) is 2. The maximum absolute atomic E-state index is 13.3. The normalized spacial score (nSPS) is 11.1. The van der Waals surface area contributed by atoms with Gasteiger partial charge in [-0.15, -0.1) is 0 Å². The molecule has 0 saturated heterocycles. The number of aryl methyl sites for hydroxylation is 1. The molecule has 3 aromatic heterocycles. The number of ketones is 1. The third-order valence-corrected chi connectivity index (χ3v) is 5.58. The number of rotatable bonds is 10. The molecule has 1 aromatic carbocycles. The maximum Gasteiger partial charge on any atom is 0.333 e. The first kappa shape index (κ1) is 23.9. The van der Waals surface area contributed by atoms with Gasteiger partial charge in [0.1, 0.15) is 6.54 Å². The van der Waals surface area contributed by atoms with Crippen LogP contribution in [0, 0.1) is 0 Å². The Balaban J connectivity index is 1.67. The smallest absolute Gasteiger partial charge is 0.333 e. The molecule has 4 rings (SSSR count). The average Bonchev–Trinajstić information content (AvgIpc) is 3.48. The quantitative estimate of drug-likeness (QED) is 0.244. The van der Waals surface area contributed by atoms with Crippen LogP contribution in [-0.2, 0) is 41.0 Å². The van der Waals surface area contributed by atoms with Gasteiger partial charge in [0.2, 0.25) is 5.78 Å². The molecule has 11 nitrogen and oxygen atoms in total. The van der Waals surface area contributed by atoms with Gasteiger partial charge in [-0.1, -0.05) is 30.3 Å². The van der Waals surface area contributed by atoms with Crippen LogP contribution in [0.15, 0.2) is 64.6 Å². The highest BCUT2D eigenvalue weighted by Crippen LogP contribution is 2.10.